The van der Waals surface area contributed by atoms with Crippen LogP contribution in [0.4, 0.5) is 0 Å². The van der Waals surface area contributed by atoms with Crippen molar-refractivity contribution in [1.29, 1.82) is 0 Å². The molecule has 3 heteroatoms. The second-order valence-electron chi connectivity index (χ2n) is 3.41. The van der Waals surface area contributed by atoms with Crippen LogP contribution < -0.4 is 0 Å². The molecule has 0 aliphatic carbocycles. The molecule has 0 fully saturated rings. The van der Waals surface area contributed by atoms with Crippen molar-refractivity contribution < 1.29 is 0 Å². The predicted octanol–water partition coefficient (Wildman–Crippen LogP) is 4.23. The molecule has 1 aromatic rings. The van der Waals surface area contributed by atoms with E-state index in [1.54, 1.807) is 12.4 Å². The molecule has 14 heavy (non-hydrogen) atoms. The number of rotatable bonds is 5. The van der Waals surface area contributed by atoms with Crippen LogP contribution in [-0.2, 0) is 6.42 Å². The number of alkyl halides is 1. The van der Waals surface area contributed by atoms with E-state index >= 15 is 0 Å². The average Bonchev–Trinajstić information content (AvgIpc) is 2.18. The maximum Gasteiger partial charge on any atom is 0.0621 e. The van der Waals surface area contributed by atoms with E-state index in [2.05, 4.69) is 27.8 Å². The monoisotopic (exact) mass is 275 g/mol. The van der Waals surface area contributed by atoms with E-state index in [9.17, 15) is 0 Å². The van der Waals surface area contributed by atoms with Crippen LogP contribution in [0.15, 0.2) is 18.5 Å². The van der Waals surface area contributed by atoms with Crippen LogP contribution in [0.3, 0.4) is 0 Å². The van der Waals surface area contributed by atoms with E-state index in [4.69, 9.17) is 11.6 Å². The van der Waals surface area contributed by atoms with E-state index in [0.29, 0.717) is 4.83 Å². The van der Waals surface area contributed by atoms with Crippen molar-refractivity contribution in [2.75, 3.05) is 0 Å². The standard InChI is InChI=1S/C11H15BrClN/c1-2-3-4-10(12)7-9-5-6-14-8-11(9)13/h5-6,8,10H,2-4,7H2,1H3. The Morgan fingerprint density at radius 2 is 2.36 bits per heavy atom. The fourth-order valence-electron chi connectivity index (χ4n) is 1.34. The molecule has 0 saturated heterocycles. The summed E-state index contributed by atoms with van der Waals surface area (Å²) in [5.41, 5.74) is 1.18. The van der Waals surface area contributed by atoms with Gasteiger partial charge in [-0.1, -0.05) is 47.3 Å². The van der Waals surface area contributed by atoms with Crippen molar-refractivity contribution in [3.05, 3.63) is 29.0 Å². The summed E-state index contributed by atoms with van der Waals surface area (Å²) in [5.74, 6) is 0. The molecule has 1 nitrogen and oxygen atoms in total. The Morgan fingerprint density at radius 1 is 1.57 bits per heavy atom. The second kappa shape index (κ2) is 6.41. The van der Waals surface area contributed by atoms with Gasteiger partial charge in [0.1, 0.15) is 0 Å². The van der Waals surface area contributed by atoms with Gasteiger partial charge in [-0.05, 0) is 24.5 Å². The number of pyridine rings is 1. The molecule has 0 aliphatic rings. The molecule has 0 saturated carbocycles. The van der Waals surface area contributed by atoms with Gasteiger partial charge in [-0.2, -0.15) is 0 Å². The zero-order valence-corrected chi connectivity index (χ0v) is 10.7. The molecule has 0 N–H and O–H groups in total. The third kappa shape index (κ3) is 3.97. The summed E-state index contributed by atoms with van der Waals surface area (Å²) in [6.07, 6.45) is 8.19. The Balaban J connectivity index is 2.47. The minimum absolute atomic E-state index is 0.530. The maximum absolute atomic E-state index is 6.02. The summed E-state index contributed by atoms with van der Waals surface area (Å²) in [6.45, 7) is 2.21. The highest BCUT2D eigenvalue weighted by atomic mass is 79.9. The van der Waals surface area contributed by atoms with E-state index in [0.717, 1.165) is 11.4 Å². The lowest BCUT2D eigenvalue weighted by Crippen LogP contribution is -2.03. The lowest BCUT2D eigenvalue weighted by molar-refractivity contribution is 0.687. The van der Waals surface area contributed by atoms with Crippen LogP contribution in [0.2, 0.25) is 5.02 Å². The normalized spacial score (nSPS) is 12.8. The first-order valence-corrected chi connectivity index (χ1v) is 6.26. The van der Waals surface area contributed by atoms with E-state index < -0.39 is 0 Å². The molecule has 1 aromatic heterocycles. The highest BCUT2D eigenvalue weighted by molar-refractivity contribution is 9.09. The SMILES string of the molecule is CCCCC(Br)Cc1ccncc1Cl. The Hall–Kier alpha value is -0.0800. The molecule has 0 amide bonds. The number of hydrogen-bond donors (Lipinski definition) is 0. The molecule has 1 atom stereocenters. The Bertz CT molecular complexity index is 278. The van der Waals surface area contributed by atoms with Crippen molar-refractivity contribution >= 4 is 27.5 Å². The fraction of sp³-hybridized carbons (Fsp3) is 0.545. The van der Waals surface area contributed by atoms with Crippen LogP contribution >= 0.6 is 27.5 Å². The largest absolute Gasteiger partial charge is 0.263 e. The predicted molar refractivity (Wildman–Crippen MR) is 65.2 cm³/mol. The molecule has 0 bridgehead atoms. The lowest BCUT2D eigenvalue weighted by atomic mass is 10.1. The van der Waals surface area contributed by atoms with Crippen molar-refractivity contribution in [3.8, 4) is 0 Å². The molecule has 1 rings (SSSR count). The summed E-state index contributed by atoms with van der Waals surface area (Å²) in [7, 11) is 0. The molecule has 0 radical (unpaired) electrons. The van der Waals surface area contributed by atoms with Crippen LogP contribution in [-0.4, -0.2) is 9.81 Å². The topological polar surface area (TPSA) is 12.9 Å². The number of hydrogen-bond acceptors (Lipinski definition) is 1. The van der Waals surface area contributed by atoms with Crippen LogP contribution in [0.25, 0.3) is 0 Å². The van der Waals surface area contributed by atoms with Crippen molar-refractivity contribution in [1.82, 2.24) is 4.98 Å². The highest BCUT2D eigenvalue weighted by Gasteiger charge is 2.07. The first-order chi connectivity index (χ1) is 6.74. The quantitative estimate of drug-likeness (QED) is 0.733. The summed E-state index contributed by atoms with van der Waals surface area (Å²) in [6, 6.07) is 1.99. The van der Waals surface area contributed by atoms with Gasteiger partial charge in [0.2, 0.25) is 0 Å². The number of unbranched alkanes of at least 4 members (excludes halogenated alkanes) is 1. The van der Waals surface area contributed by atoms with Gasteiger partial charge in [-0.3, -0.25) is 4.98 Å². The Morgan fingerprint density at radius 3 is 3.00 bits per heavy atom. The van der Waals surface area contributed by atoms with Crippen molar-refractivity contribution in [2.24, 2.45) is 0 Å². The molecule has 0 spiro atoms. The molecule has 78 valence electrons. The summed E-state index contributed by atoms with van der Waals surface area (Å²) >= 11 is 9.69. The van der Waals surface area contributed by atoms with Gasteiger partial charge in [0, 0.05) is 17.2 Å². The summed E-state index contributed by atoms with van der Waals surface area (Å²) in [5, 5.41) is 0.772. The maximum atomic E-state index is 6.02. The van der Waals surface area contributed by atoms with Gasteiger partial charge in [0.25, 0.3) is 0 Å². The van der Waals surface area contributed by atoms with E-state index in [1.165, 1.54) is 24.8 Å². The number of nitrogens with zero attached hydrogens (tertiary/aromatic N) is 1. The summed E-state index contributed by atoms with van der Waals surface area (Å²) < 4.78 is 0. The van der Waals surface area contributed by atoms with Crippen LogP contribution in [0.1, 0.15) is 31.7 Å². The average molecular weight is 277 g/mol. The number of halogens is 2. The van der Waals surface area contributed by atoms with Gasteiger partial charge in [0.15, 0.2) is 0 Å². The molecule has 0 aliphatic heterocycles. The molecule has 1 unspecified atom stereocenters. The molecule has 0 aromatic carbocycles. The zero-order chi connectivity index (χ0) is 10.4. The van der Waals surface area contributed by atoms with Gasteiger partial charge < -0.3 is 0 Å². The highest BCUT2D eigenvalue weighted by Crippen LogP contribution is 2.20. The Labute approximate surface area is 99.0 Å². The van der Waals surface area contributed by atoms with Gasteiger partial charge >= 0.3 is 0 Å². The van der Waals surface area contributed by atoms with Gasteiger partial charge in [0.05, 0.1) is 5.02 Å². The zero-order valence-electron chi connectivity index (χ0n) is 8.34. The van der Waals surface area contributed by atoms with E-state index in [1.807, 2.05) is 6.07 Å². The lowest BCUT2D eigenvalue weighted by Gasteiger charge is -2.09. The summed E-state index contributed by atoms with van der Waals surface area (Å²) in [4.78, 5) is 4.50. The molecular weight excluding hydrogens is 261 g/mol. The fourth-order valence-corrected chi connectivity index (χ4v) is 2.20. The minimum atomic E-state index is 0.530. The molecule has 1 heterocycles. The third-order valence-electron chi connectivity index (χ3n) is 2.17. The Kier molecular flexibility index (Phi) is 5.49. The first-order valence-electron chi connectivity index (χ1n) is 4.96. The first kappa shape index (κ1) is 12.0. The van der Waals surface area contributed by atoms with Gasteiger partial charge in [-0.25, -0.2) is 0 Å². The second-order valence-corrected chi connectivity index (χ2v) is 5.11. The minimum Gasteiger partial charge on any atom is -0.263 e. The van der Waals surface area contributed by atoms with Crippen molar-refractivity contribution in [3.63, 3.8) is 0 Å². The van der Waals surface area contributed by atoms with Crippen LogP contribution in [0.5, 0.6) is 0 Å². The molecular formula is C11H15BrClN. The van der Waals surface area contributed by atoms with Crippen LogP contribution in [0, 0.1) is 0 Å². The van der Waals surface area contributed by atoms with Gasteiger partial charge in [-0.15, -0.1) is 0 Å². The van der Waals surface area contributed by atoms with E-state index in [-0.39, 0.29) is 0 Å². The number of aromatic nitrogens is 1. The third-order valence-corrected chi connectivity index (χ3v) is 3.29. The van der Waals surface area contributed by atoms with Crippen molar-refractivity contribution in [2.45, 2.75) is 37.4 Å². The smallest absolute Gasteiger partial charge is 0.0621 e.